The quantitative estimate of drug-likeness (QED) is 0.743. The largest absolute Gasteiger partial charge is 0.323 e. The van der Waals surface area contributed by atoms with Crippen LogP contribution in [0.25, 0.3) is 5.82 Å². The number of hydrogen-bond donors (Lipinski definition) is 1. The lowest BCUT2D eigenvalue weighted by molar-refractivity contribution is -0.116. The second-order valence-corrected chi connectivity index (χ2v) is 5.87. The van der Waals surface area contributed by atoms with Crippen LogP contribution in [0.1, 0.15) is 12.0 Å². The Balaban J connectivity index is 1.69. The number of rotatable bonds is 5. The Morgan fingerprint density at radius 3 is 2.79 bits per heavy atom. The van der Waals surface area contributed by atoms with E-state index in [0.29, 0.717) is 28.0 Å². The molecule has 3 aromatic rings. The van der Waals surface area contributed by atoms with E-state index in [9.17, 15) is 4.79 Å². The van der Waals surface area contributed by atoms with Crippen molar-refractivity contribution in [1.82, 2.24) is 14.8 Å². The van der Waals surface area contributed by atoms with E-state index in [4.69, 9.17) is 23.2 Å². The summed E-state index contributed by atoms with van der Waals surface area (Å²) in [5.41, 5.74) is 1.45. The van der Waals surface area contributed by atoms with Gasteiger partial charge in [0.25, 0.3) is 0 Å². The molecule has 2 heterocycles. The number of hydrogen-bond acceptors (Lipinski definition) is 3. The second kappa shape index (κ2) is 7.47. The highest BCUT2D eigenvalue weighted by Crippen LogP contribution is 2.26. The molecule has 3 rings (SSSR count). The second-order valence-electron chi connectivity index (χ2n) is 5.09. The number of halogens is 2. The van der Waals surface area contributed by atoms with Crippen LogP contribution in [0.15, 0.2) is 55.0 Å². The molecule has 0 fully saturated rings. The van der Waals surface area contributed by atoms with E-state index in [1.807, 2.05) is 12.1 Å². The van der Waals surface area contributed by atoms with Crippen molar-refractivity contribution >= 4 is 34.8 Å². The highest BCUT2D eigenvalue weighted by molar-refractivity contribution is 6.42. The van der Waals surface area contributed by atoms with Crippen molar-refractivity contribution in [3.8, 4) is 5.82 Å². The minimum Gasteiger partial charge on any atom is -0.323 e. The Bertz CT molecular complexity index is 850. The summed E-state index contributed by atoms with van der Waals surface area (Å²) in [5, 5.41) is 7.98. The zero-order valence-corrected chi connectivity index (χ0v) is 14.1. The first kappa shape index (κ1) is 16.5. The van der Waals surface area contributed by atoms with Crippen molar-refractivity contribution in [2.24, 2.45) is 0 Å². The van der Waals surface area contributed by atoms with Crippen molar-refractivity contribution in [2.75, 3.05) is 5.32 Å². The van der Waals surface area contributed by atoms with E-state index >= 15 is 0 Å². The molecule has 0 atom stereocenters. The molecule has 1 amide bonds. The molecule has 0 saturated heterocycles. The predicted octanol–water partition coefficient (Wildman–Crippen LogP) is 4.15. The van der Waals surface area contributed by atoms with Gasteiger partial charge in [-0.3, -0.25) is 4.79 Å². The maximum atomic E-state index is 12.3. The zero-order chi connectivity index (χ0) is 16.9. The van der Waals surface area contributed by atoms with Gasteiger partial charge >= 0.3 is 0 Å². The van der Waals surface area contributed by atoms with E-state index in [-0.39, 0.29) is 12.3 Å². The van der Waals surface area contributed by atoms with Gasteiger partial charge in [0.05, 0.1) is 15.7 Å². The zero-order valence-electron chi connectivity index (χ0n) is 12.6. The van der Waals surface area contributed by atoms with Gasteiger partial charge in [-0.1, -0.05) is 35.3 Å². The molecular weight excluding hydrogens is 347 g/mol. The van der Waals surface area contributed by atoms with Gasteiger partial charge in [-0.2, -0.15) is 5.10 Å². The highest BCUT2D eigenvalue weighted by atomic mass is 35.5. The van der Waals surface area contributed by atoms with Crippen LogP contribution in [0.3, 0.4) is 0 Å². The van der Waals surface area contributed by atoms with Crippen LogP contribution in [0.4, 0.5) is 5.69 Å². The van der Waals surface area contributed by atoms with E-state index in [1.54, 1.807) is 47.5 Å². The summed E-state index contributed by atoms with van der Waals surface area (Å²) in [6.45, 7) is 0. The first-order valence-corrected chi connectivity index (χ1v) is 8.08. The maximum Gasteiger partial charge on any atom is 0.224 e. The number of carbonyl (C=O) groups is 1. The van der Waals surface area contributed by atoms with Crippen LogP contribution in [-0.2, 0) is 11.2 Å². The number of aromatic nitrogens is 3. The van der Waals surface area contributed by atoms with Crippen LogP contribution in [0, 0.1) is 0 Å². The first-order valence-electron chi connectivity index (χ1n) is 7.33. The molecule has 0 saturated carbocycles. The normalized spacial score (nSPS) is 10.6. The van der Waals surface area contributed by atoms with Crippen LogP contribution < -0.4 is 5.32 Å². The summed E-state index contributed by atoms with van der Waals surface area (Å²) in [6.07, 6.45) is 5.86. The number of nitrogens with one attached hydrogen (secondary N) is 1. The van der Waals surface area contributed by atoms with Gasteiger partial charge in [-0.15, -0.1) is 0 Å². The monoisotopic (exact) mass is 360 g/mol. The van der Waals surface area contributed by atoms with Gasteiger partial charge in [0.15, 0.2) is 5.82 Å². The molecule has 7 heteroatoms. The van der Waals surface area contributed by atoms with Crippen LogP contribution in [0.2, 0.25) is 10.0 Å². The standard InChI is InChI=1S/C17H14Cl2N4O/c18-13-5-1-4-12(16(13)19)7-8-15(24)22-14-6-2-9-20-17(14)23-11-3-10-21-23/h1-6,9-11H,7-8H2,(H,22,24). The summed E-state index contributed by atoms with van der Waals surface area (Å²) in [5.74, 6) is 0.434. The first-order chi connectivity index (χ1) is 11.6. The summed E-state index contributed by atoms with van der Waals surface area (Å²) in [4.78, 5) is 16.5. The van der Waals surface area contributed by atoms with Gasteiger partial charge in [-0.25, -0.2) is 9.67 Å². The number of aryl methyl sites for hydroxylation is 1. The SMILES string of the molecule is O=C(CCc1cccc(Cl)c1Cl)Nc1cccnc1-n1cccn1. The number of nitrogens with zero attached hydrogens (tertiary/aromatic N) is 3. The number of carbonyl (C=O) groups excluding carboxylic acids is 1. The van der Waals surface area contributed by atoms with E-state index in [0.717, 1.165) is 5.56 Å². The van der Waals surface area contributed by atoms with Crippen molar-refractivity contribution < 1.29 is 4.79 Å². The fourth-order valence-electron chi connectivity index (χ4n) is 2.27. The third-order valence-corrected chi connectivity index (χ3v) is 4.29. The molecule has 1 N–H and O–H groups in total. The maximum absolute atomic E-state index is 12.3. The van der Waals surface area contributed by atoms with Crippen LogP contribution in [0.5, 0.6) is 0 Å². The number of pyridine rings is 1. The van der Waals surface area contributed by atoms with Crippen molar-refractivity contribution in [1.29, 1.82) is 0 Å². The van der Waals surface area contributed by atoms with Crippen molar-refractivity contribution in [2.45, 2.75) is 12.8 Å². The molecule has 0 aliphatic heterocycles. The third kappa shape index (κ3) is 3.75. The molecule has 5 nitrogen and oxygen atoms in total. The summed E-state index contributed by atoms with van der Waals surface area (Å²) in [6, 6.07) is 10.7. The van der Waals surface area contributed by atoms with E-state index in [1.165, 1.54) is 0 Å². The Morgan fingerprint density at radius 1 is 1.12 bits per heavy atom. The topological polar surface area (TPSA) is 59.8 Å². The van der Waals surface area contributed by atoms with Gasteiger partial charge < -0.3 is 5.32 Å². The Labute approximate surface area is 149 Å². The summed E-state index contributed by atoms with van der Waals surface area (Å²) >= 11 is 12.1. The molecule has 122 valence electrons. The summed E-state index contributed by atoms with van der Waals surface area (Å²) < 4.78 is 1.60. The number of benzene rings is 1. The fraction of sp³-hybridized carbons (Fsp3) is 0.118. The molecule has 24 heavy (non-hydrogen) atoms. The number of anilines is 1. The molecule has 0 aliphatic carbocycles. The van der Waals surface area contributed by atoms with E-state index in [2.05, 4.69) is 15.4 Å². The molecule has 0 bridgehead atoms. The molecule has 1 aromatic carbocycles. The Kier molecular flexibility index (Phi) is 5.13. The fourth-order valence-corrected chi connectivity index (χ4v) is 2.69. The molecule has 0 unspecified atom stereocenters. The Hall–Kier alpha value is -2.37. The smallest absolute Gasteiger partial charge is 0.224 e. The van der Waals surface area contributed by atoms with Gasteiger partial charge in [0, 0.05) is 25.0 Å². The minimum atomic E-state index is -0.132. The lowest BCUT2D eigenvalue weighted by atomic mass is 10.1. The average Bonchev–Trinajstić information content (AvgIpc) is 3.11. The third-order valence-electron chi connectivity index (χ3n) is 3.44. The highest BCUT2D eigenvalue weighted by Gasteiger charge is 2.11. The van der Waals surface area contributed by atoms with Gasteiger partial charge in [-0.05, 0) is 36.2 Å². The van der Waals surface area contributed by atoms with Gasteiger partial charge in [0.2, 0.25) is 5.91 Å². The van der Waals surface area contributed by atoms with Gasteiger partial charge in [0.1, 0.15) is 0 Å². The minimum absolute atomic E-state index is 0.132. The lowest BCUT2D eigenvalue weighted by Gasteiger charge is -2.10. The molecule has 2 aromatic heterocycles. The van der Waals surface area contributed by atoms with Crippen LogP contribution in [-0.4, -0.2) is 20.7 Å². The van der Waals surface area contributed by atoms with Crippen molar-refractivity contribution in [3.63, 3.8) is 0 Å². The molecule has 0 aliphatic rings. The predicted molar refractivity (Wildman–Crippen MR) is 94.8 cm³/mol. The number of amides is 1. The average molecular weight is 361 g/mol. The molecular formula is C17H14Cl2N4O. The van der Waals surface area contributed by atoms with Crippen molar-refractivity contribution in [3.05, 3.63) is 70.6 Å². The lowest BCUT2D eigenvalue weighted by Crippen LogP contribution is -2.15. The Morgan fingerprint density at radius 2 is 2.00 bits per heavy atom. The molecule has 0 radical (unpaired) electrons. The molecule has 0 spiro atoms. The van der Waals surface area contributed by atoms with E-state index < -0.39 is 0 Å². The van der Waals surface area contributed by atoms with Crippen LogP contribution >= 0.6 is 23.2 Å². The summed E-state index contributed by atoms with van der Waals surface area (Å²) in [7, 11) is 0.